The van der Waals surface area contributed by atoms with Crippen LogP contribution in [0.5, 0.6) is 0 Å². The molecule has 0 bridgehead atoms. The topological polar surface area (TPSA) is 55.4 Å². The molecule has 1 saturated heterocycles. The number of hydrogen-bond acceptors (Lipinski definition) is 4. The van der Waals surface area contributed by atoms with Gasteiger partial charge in [0.25, 0.3) is 0 Å². The number of rotatable bonds is 6. The molecule has 1 atom stereocenters. The number of hydrogen-bond donors (Lipinski definition) is 1. The van der Waals surface area contributed by atoms with Gasteiger partial charge in [-0.2, -0.15) is 0 Å². The molecule has 0 aliphatic carbocycles. The Kier molecular flexibility index (Phi) is 5.72. The van der Waals surface area contributed by atoms with Gasteiger partial charge in [0.05, 0.1) is 17.6 Å². The maximum absolute atomic E-state index is 11.4. The molecule has 0 spiro atoms. The third-order valence-electron chi connectivity index (χ3n) is 2.67. The van der Waals surface area contributed by atoms with Crippen LogP contribution >= 0.6 is 0 Å². The first-order valence-electron chi connectivity index (χ1n) is 6.05. The summed E-state index contributed by atoms with van der Waals surface area (Å²) in [5, 5.41) is 3.29. The monoisotopic (exact) mass is 249 g/mol. The third-order valence-corrected chi connectivity index (χ3v) is 4.49. The largest absolute Gasteiger partial charge is 0.379 e. The van der Waals surface area contributed by atoms with E-state index in [9.17, 15) is 8.42 Å². The van der Waals surface area contributed by atoms with Gasteiger partial charge < -0.3 is 10.1 Å². The van der Waals surface area contributed by atoms with E-state index in [2.05, 4.69) is 5.32 Å². The molecule has 16 heavy (non-hydrogen) atoms. The molecule has 0 saturated carbocycles. The van der Waals surface area contributed by atoms with Crippen LogP contribution in [0.1, 0.15) is 33.1 Å². The van der Waals surface area contributed by atoms with Crippen LogP contribution in [0.3, 0.4) is 0 Å². The second-order valence-electron chi connectivity index (χ2n) is 4.68. The predicted octanol–water partition coefficient (Wildman–Crippen LogP) is 0.968. The number of ether oxygens (including phenoxy) is 1. The van der Waals surface area contributed by atoms with E-state index in [4.69, 9.17) is 4.74 Å². The second-order valence-corrected chi connectivity index (χ2v) is 6.91. The Morgan fingerprint density at radius 3 is 2.81 bits per heavy atom. The molecule has 1 aliphatic rings. The van der Waals surface area contributed by atoms with Gasteiger partial charge in [-0.25, -0.2) is 8.42 Å². The van der Waals surface area contributed by atoms with Gasteiger partial charge in [0.1, 0.15) is 0 Å². The van der Waals surface area contributed by atoms with E-state index in [-0.39, 0.29) is 12.1 Å². The van der Waals surface area contributed by atoms with E-state index in [0.29, 0.717) is 11.5 Å². The summed E-state index contributed by atoms with van der Waals surface area (Å²) in [6.07, 6.45) is 2.98. The molecular formula is C11H23NO3S. The second kappa shape index (κ2) is 6.57. The van der Waals surface area contributed by atoms with Gasteiger partial charge in [0, 0.05) is 12.6 Å². The molecular weight excluding hydrogens is 226 g/mol. The Morgan fingerprint density at radius 1 is 1.44 bits per heavy atom. The summed E-state index contributed by atoms with van der Waals surface area (Å²) in [5.41, 5.74) is 0. The molecule has 5 heteroatoms. The highest BCUT2D eigenvalue weighted by Crippen LogP contribution is 2.11. The molecule has 0 aromatic heterocycles. The van der Waals surface area contributed by atoms with Crippen molar-refractivity contribution in [1.29, 1.82) is 0 Å². The minimum Gasteiger partial charge on any atom is -0.379 e. The lowest BCUT2D eigenvalue weighted by molar-refractivity contribution is 0.0767. The average Bonchev–Trinajstić information content (AvgIpc) is 2.15. The van der Waals surface area contributed by atoms with Gasteiger partial charge in [-0.05, 0) is 39.7 Å². The molecule has 1 unspecified atom stereocenters. The lowest BCUT2D eigenvalue weighted by Gasteiger charge is -2.23. The Balaban J connectivity index is 2.09. The predicted molar refractivity (Wildman–Crippen MR) is 65.4 cm³/mol. The Labute approximate surface area is 98.7 Å². The number of sulfone groups is 1. The van der Waals surface area contributed by atoms with Crippen LogP contribution in [0.15, 0.2) is 0 Å². The van der Waals surface area contributed by atoms with Gasteiger partial charge in [0.2, 0.25) is 0 Å². The summed E-state index contributed by atoms with van der Waals surface area (Å²) in [6, 6.07) is 0.151. The van der Waals surface area contributed by atoms with Crippen molar-refractivity contribution in [1.82, 2.24) is 5.32 Å². The van der Waals surface area contributed by atoms with Crippen molar-refractivity contribution < 1.29 is 13.2 Å². The summed E-state index contributed by atoms with van der Waals surface area (Å²) in [7, 11) is -2.78. The van der Waals surface area contributed by atoms with E-state index in [1.807, 2.05) is 13.8 Å². The van der Waals surface area contributed by atoms with E-state index in [1.165, 1.54) is 0 Å². The zero-order chi connectivity index (χ0) is 12.0. The van der Waals surface area contributed by atoms with Crippen LogP contribution in [0.2, 0.25) is 0 Å². The van der Waals surface area contributed by atoms with Crippen molar-refractivity contribution in [2.45, 2.75) is 45.3 Å². The molecule has 0 aromatic rings. The van der Waals surface area contributed by atoms with Crippen LogP contribution in [0.25, 0.3) is 0 Å². The fourth-order valence-electron chi connectivity index (χ4n) is 1.88. The van der Waals surface area contributed by atoms with Crippen molar-refractivity contribution in [3.05, 3.63) is 0 Å². The van der Waals surface area contributed by atoms with Crippen molar-refractivity contribution in [3.8, 4) is 0 Å². The first-order chi connectivity index (χ1) is 7.49. The van der Waals surface area contributed by atoms with Crippen LogP contribution in [-0.2, 0) is 14.6 Å². The zero-order valence-corrected chi connectivity index (χ0v) is 11.1. The standard InChI is InChI=1S/C11H23NO3S/c1-10(2)15-7-4-6-12-11-5-3-8-16(13,14)9-11/h10-12H,3-9H2,1-2H3. The molecule has 1 fully saturated rings. The van der Waals surface area contributed by atoms with Crippen LogP contribution in [0, 0.1) is 0 Å². The first kappa shape index (κ1) is 13.9. The summed E-state index contributed by atoms with van der Waals surface area (Å²) in [6.45, 7) is 5.61. The van der Waals surface area contributed by atoms with E-state index >= 15 is 0 Å². The van der Waals surface area contributed by atoms with E-state index < -0.39 is 9.84 Å². The Morgan fingerprint density at radius 2 is 2.19 bits per heavy atom. The van der Waals surface area contributed by atoms with Gasteiger partial charge in [-0.1, -0.05) is 0 Å². The SMILES string of the molecule is CC(C)OCCCNC1CCCS(=O)(=O)C1. The molecule has 1 heterocycles. The van der Waals surface area contributed by atoms with Crippen molar-refractivity contribution in [2.75, 3.05) is 24.7 Å². The Hall–Kier alpha value is -0.130. The highest BCUT2D eigenvalue weighted by Gasteiger charge is 2.23. The third kappa shape index (κ3) is 5.82. The highest BCUT2D eigenvalue weighted by atomic mass is 32.2. The summed E-state index contributed by atoms with van der Waals surface area (Å²) in [5.74, 6) is 0.666. The lowest BCUT2D eigenvalue weighted by atomic mass is 10.2. The average molecular weight is 249 g/mol. The molecule has 0 radical (unpaired) electrons. The fourth-order valence-corrected chi connectivity index (χ4v) is 3.55. The maximum Gasteiger partial charge on any atom is 0.151 e. The lowest BCUT2D eigenvalue weighted by Crippen LogP contribution is -2.40. The van der Waals surface area contributed by atoms with Crippen molar-refractivity contribution >= 4 is 9.84 Å². The van der Waals surface area contributed by atoms with E-state index in [0.717, 1.165) is 32.4 Å². The van der Waals surface area contributed by atoms with Gasteiger partial charge in [-0.15, -0.1) is 0 Å². The quantitative estimate of drug-likeness (QED) is 0.713. The van der Waals surface area contributed by atoms with Crippen LogP contribution < -0.4 is 5.32 Å². The van der Waals surface area contributed by atoms with Crippen molar-refractivity contribution in [3.63, 3.8) is 0 Å². The smallest absolute Gasteiger partial charge is 0.151 e. The highest BCUT2D eigenvalue weighted by molar-refractivity contribution is 7.91. The summed E-state index contributed by atoms with van der Waals surface area (Å²) >= 11 is 0. The van der Waals surface area contributed by atoms with E-state index in [1.54, 1.807) is 0 Å². The van der Waals surface area contributed by atoms with Crippen LogP contribution in [0.4, 0.5) is 0 Å². The first-order valence-corrected chi connectivity index (χ1v) is 7.87. The summed E-state index contributed by atoms with van der Waals surface area (Å²) < 4.78 is 28.2. The Bertz CT molecular complexity index is 288. The van der Waals surface area contributed by atoms with Crippen LogP contribution in [-0.4, -0.2) is 45.2 Å². The summed E-state index contributed by atoms with van der Waals surface area (Å²) in [4.78, 5) is 0. The van der Waals surface area contributed by atoms with Gasteiger partial charge in [0.15, 0.2) is 9.84 Å². The molecule has 1 N–H and O–H groups in total. The minimum atomic E-state index is -2.78. The zero-order valence-electron chi connectivity index (χ0n) is 10.2. The van der Waals surface area contributed by atoms with Gasteiger partial charge >= 0.3 is 0 Å². The fraction of sp³-hybridized carbons (Fsp3) is 1.00. The number of nitrogens with one attached hydrogen (secondary N) is 1. The molecule has 4 nitrogen and oxygen atoms in total. The minimum absolute atomic E-state index is 0.151. The maximum atomic E-state index is 11.4. The molecule has 96 valence electrons. The molecule has 1 aliphatic heterocycles. The molecule has 0 aromatic carbocycles. The molecule has 1 rings (SSSR count). The van der Waals surface area contributed by atoms with Gasteiger partial charge in [-0.3, -0.25) is 0 Å². The normalized spacial score (nSPS) is 24.8. The molecule has 0 amide bonds. The van der Waals surface area contributed by atoms with Crippen molar-refractivity contribution in [2.24, 2.45) is 0 Å².